The maximum atomic E-state index is 5.49. The molecule has 0 atom stereocenters. The fourth-order valence-electron chi connectivity index (χ4n) is 5.61. The van der Waals surface area contributed by atoms with E-state index in [4.69, 9.17) is 13.3 Å². The Morgan fingerprint density at radius 2 is 0.500 bits per heavy atom. The molecule has 0 heterocycles. The van der Waals surface area contributed by atoms with Crippen molar-refractivity contribution in [3.8, 4) is 0 Å². The minimum absolute atomic E-state index is 0.939. The maximum Gasteiger partial charge on any atom is 0.500 e. The molecule has 0 unspecified atom stereocenters. The van der Waals surface area contributed by atoms with E-state index in [0.717, 1.165) is 18.2 Å². The molecule has 0 aromatic carbocycles. The summed E-state index contributed by atoms with van der Waals surface area (Å²) in [5.41, 5.74) is 0. The summed E-state index contributed by atoms with van der Waals surface area (Å²) in [6.07, 6.45) is 39.9. The lowest BCUT2D eigenvalue weighted by Crippen LogP contribution is -2.42. The van der Waals surface area contributed by atoms with Gasteiger partial charge < -0.3 is 13.3 Å². The fourth-order valence-corrected chi connectivity index (χ4v) is 7.62. The van der Waals surface area contributed by atoms with Crippen LogP contribution in [0.2, 0.25) is 6.04 Å². The summed E-state index contributed by atoms with van der Waals surface area (Å²) < 4.78 is 16.5. The molecule has 0 spiro atoms. The maximum absolute atomic E-state index is 5.49. The summed E-state index contributed by atoms with van der Waals surface area (Å²) in [5, 5.41) is 0. The van der Waals surface area contributed by atoms with Gasteiger partial charge >= 0.3 is 8.80 Å². The molecular weight excluding hydrogens is 505 g/mol. The molecule has 230 valence electrons. The number of hydrogen-bond acceptors (Lipinski definition) is 4. The van der Waals surface area contributed by atoms with Crippen molar-refractivity contribution in [2.45, 2.75) is 186 Å². The molecule has 0 aromatic heterocycles. The number of unbranched alkanes of at least 4 members (excludes halogenated alkanes) is 27. The van der Waals surface area contributed by atoms with E-state index >= 15 is 0 Å². The van der Waals surface area contributed by atoms with Gasteiger partial charge in [0.1, 0.15) is 0 Å². The van der Waals surface area contributed by atoms with Crippen molar-refractivity contribution in [3.05, 3.63) is 0 Å². The Kier molecular flexibility index (Phi) is 32.3. The van der Waals surface area contributed by atoms with E-state index in [1.165, 1.54) is 173 Å². The lowest BCUT2D eigenvalue weighted by molar-refractivity contribution is 0.122. The first-order chi connectivity index (χ1) is 18.7. The Morgan fingerprint density at radius 1 is 0.316 bits per heavy atom. The van der Waals surface area contributed by atoms with Gasteiger partial charge in [-0.1, -0.05) is 167 Å². The zero-order valence-electron chi connectivity index (χ0n) is 26.4. The third-order valence-corrected chi connectivity index (χ3v) is 11.5. The second-order valence-corrected chi connectivity index (χ2v) is 15.2. The van der Waals surface area contributed by atoms with E-state index < -0.39 is 8.80 Å². The summed E-state index contributed by atoms with van der Waals surface area (Å²) in [7, 11) is 2.78. The van der Waals surface area contributed by atoms with Gasteiger partial charge in [-0.25, -0.2) is 0 Å². The molecular formula is C33H70O3SSi. The highest BCUT2D eigenvalue weighted by atomic mass is 32.1. The van der Waals surface area contributed by atoms with Crippen LogP contribution < -0.4 is 0 Å². The van der Waals surface area contributed by atoms with E-state index in [0.29, 0.717) is 0 Å². The summed E-state index contributed by atoms with van der Waals surface area (Å²) in [5.74, 6) is 1.06. The fraction of sp³-hybridized carbons (Fsp3) is 1.00. The lowest BCUT2D eigenvalue weighted by atomic mass is 10.0. The standard InChI is InChI=1S/C33H70O3SSi/c1-34-38(35-2,36-3)33-31-29-27-25-23-21-19-17-15-13-11-9-7-5-4-6-8-10-12-14-16-18-20-22-24-26-28-30-32-37/h37H,4-33H2,1-3H3. The molecule has 0 amide bonds. The van der Waals surface area contributed by atoms with E-state index in [1.54, 1.807) is 21.3 Å². The molecule has 38 heavy (non-hydrogen) atoms. The van der Waals surface area contributed by atoms with Gasteiger partial charge in [0.25, 0.3) is 0 Å². The Morgan fingerprint density at radius 3 is 0.684 bits per heavy atom. The SMILES string of the molecule is CO[Si](CCCCCCCCCCCCCCCCCCCCCCCCCCCCCCS)(OC)OC. The van der Waals surface area contributed by atoms with E-state index in [-0.39, 0.29) is 0 Å². The number of rotatable bonds is 33. The lowest BCUT2D eigenvalue weighted by Gasteiger charge is -2.24. The highest BCUT2D eigenvalue weighted by molar-refractivity contribution is 7.80. The molecule has 0 aliphatic heterocycles. The highest BCUT2D eigenvalue weighted by Crippen LogP contribution is 2.19. The van der Waals surface area contributed by atoms with Crippen molar-refractivity contribution >= 4 is 21.4 Å². The first-order valence-electron chi connectivity index (χ1n) is 17.0. The zero-order chi connectivity index (χ0) is 27.8. The van der Waals surface area contributed by atoms with Gasteiger partial charge in [0.2, 0.25) is 0 Å². The summed E-state index contributed by atoms with van der Waals surface area (Å²) in [4.78, 5) is 0. The van der Waals surface area contributed by atoms with Crippen LogP contribution in [0.1, 0.15) is 180 Å². The van der Waals surface area contributed by atoms with Gasteiger partial charge in [-0.3, -0.25) is 0 Å². The predicted molar refractivity (Wildman–Crippen MR) is 175 cm³/mol. The first-order valence-corrected chi connectivity index (χ1v) is 19.6. The Hall–Kier alpha value is 0.447. The van der Waals surface area contributed by atoms with Crippen LogP contribution >= 0.6 is 12.6 Å². The van der Waals surface area contributed by atoms with Crippen molar-refractivity contribution in [1.82, 2.24) is 0 Å². The summed E-state index contributed by atoms with van der Waals surface area (Å²) in [6, 6.07) is 0.939. The van der Waals surface area contributed by atoms with Gasteiger partial charge in [0.15, 0.2) is 0 Å². The molecule has 0 fully saturated rings. The van der Waals surface area contributed by atoms with Crippen LogP contribution in [0.25, 0.3) is 0 Å². The van der Waals surface area contributed by atoms with E-state index in [9.17, 15) is 0 Å². The van der Waals surface area contributed by atoms with Crippen LogP contribution in [0.5, 0.6) is 0 Å². The Labute approximate surface area is 247 Å². The van der Waals surface area contributed by atoms with Gasteiger partial charge in [-0.05, 0) is 18.6 Å². The third kappa shape index (κ3) is 26.7. The number of thiol groups is 1. The average molecular weight is 575 g/mol. The van der Waals surface area contributed by atoms with Crippen molar-refractivity contribution < 1.29 is 13.3 Å². The van der Waals surface area contributed by atoms with Gasteiger partial charge in [0, 0.05) is 27.4 Å². The largest absolute Gasteiger partial charge is 0.500 e. The van der Waals surface area contributed by atoms with Crippen LogP contribution in [0.4, 0.5) is 0 Å². The van der Waals surface area contributed by atoms with Crippen molar-refractivity contribution in [3.63, 3.8) is 0 Å². The minimum atomic E-state index is -2.34. The average Bonchev–Trinajstić information content (AvgIpc) is 2.94. The van der Waals surface area contributed by atoms with Gasteiger partial charge in [0.05, 0.1) is 0 Å². The van der Waals surface area contributed by atoms with Gasteiger partial charge in [-0.2, -0.15) is 12.6 Å². The second-order valence-electron chi connectivity index (χ2n) is 11.7. The molecule has 0 aliphatic carbocycles. The van der Waals surface area contributed by atoms with Crippen molar-refractivity contribution in [2.75, 3.05) is 27.1 Å². The predicted octanol–water partition coefficient (Wildman–Crippen LogP) is 11.7. The highest BCUT2D eigenvalue weighted by Gasteiger charge is 2.36. The minimum Gasteiger partial charge on any atom is -0.377 e. The molecule has 0 saturated carbocycles. The smallest absolute Gasteiger partial charge is 0.377 e. The summed E-state index contributed by atoms with van der Waals surface area (Å²) in [6.45, 7) is 0. The topological polar surface area (TPSA) is 27.7 Å². The molecule has 0 aliphatic rings. The quantitative estimate of drug-likeness (QED) is 0.0480. The molecule has 0 bridgehead atoms. The van der Waals surface area contributed by atoms with E-state index in [1.807, 2.05) is 0 Å². The normalized spacial score (nSPS) is 12.0. The van der Waals surface area contributed by atoms with E-state index in [2.05, 4.69) is 12.6 Å². The molecule has 3 nitrogen and oxygen atoms in total. The van der Waals surface area contributed by atoms with Gasteiger partial charge in [-0.15, -0.1) is 0 Å². The Bertz CT molecular complexity index is 426. The van der Waals surface area contributed by atoms with Crippen LogP contribution in [-0.2, 0) is 13.3 Å². The first kappa shape index (κ1) is 38.4. The van der Waals surface area contributed by atoms with Crippen molar-refractivity contribution in [2.24, 2.45) is 0 Å². The monoisotopic (exact) mass is 574 g/mol. The van der Waals surface area contributed by atoms with Crippen LogP contribution in [0, 0.1) is 0 Å². The number of hydrogen-bond donors (Lipinski definition) is 1. The van der Waals surface area contributed by atoms with Crippen LogP contribution in [0.15, 0.2) is 0 Å². The molecule has 0 saturated heterocycles. The third-order valence-electron chi connectivity index (χ3n) is 8.32. The zero-order valence-corrected chi connectivity index (χ0v) is 28.3. The van der Waals surface area contributed by atoms with Crippen LogP contribution in [-0.4, -0.2) is 35.9 Å². The molecule has 0 N–H and O–H groups in total. The van der Waals surface area contributed by atoms with Crippen LogP contribution in [0.3, 0.4) is 0 Å². The van der Waals surface area contributed by atoms with Crippen molar-refractivity contribution in [1.29, 1.82) is 0 Å². The summed E-state index contributed by atoms with van der Waals surface area (Å²) >= 11 is 4.28. The second kappa shape index (κ2) is 32.0. The Balaban J connectivity index is 3.13. The molecule has 0 radical (unpaired) electrons. The molecule has 5 heteroatoms. The molecule has 0 rings (SSSR count). The molecule has 0 aromatic rings.